The number of imidazole rings is 1. The summed E-state index contributed by atoms with van der Waals surface area (Å²) in [7, 11) is 0. The zero-order chi connectivity index (χ0) is 111. The third-order valence-electron chi connectivity index (χ3n) is 20.0. The minimum absolute atomic E-state index is 0.0778. The quantitative estimate of drug-likeness (QED) is 0.0288. The van der Waals surface area contributed by atoms with Crippen molar-refractivity contribution in [1.29, 1.82) is 0 Å². The van der Waals surface area contributed by atoms with Gasteiger partial charge in [-0.05, 0) is 79.1 Å². The molecular formula is C79H116N22O44. The van der Waals surface area contributed by atoms with Crippen LogP contribution in [-0.2, 0) is 150 Å². The molecule has 0 fully saturated rings. The number of nitrogens with one attached hydrogen (secondary N) is 18. The Morgan fingerprint density at radius 1 is 0.269 bits per heavy atom. The Morgan fingerprint density at radius 3 is 0.738 bits per heavy atom. The SMILES string of the molecule is C[C@H](N)C(=O)N[C@@H](CCC(N)=O)C(=O)N[C@@H](CCC(=O)O)C(=O)N[C@@H](CCC(=O)O)C(=O)N[C@@H](CC(=O)O)C(=O)N[C@@H](Cc1cnc[nH]1)C(=O)N[C@@H](CCC(=O)O)C(=O)N[C@@H](CC(=O)O)C(=O)N[C@@H](CCC(N)=O)C(=O)N[C@H](C(=O)N[C@@H](CC(=O)O)C(=O)N[C@H](C(=O)N[C@@H](CCC(=O)O)C(=O)NCC(=O)N[C@@H](CCC(=O)O)C(=O)N[C@@H](CC(=O)O)C(=O)N[C@H](C(=O)N[C@@H](CCC(=O)O)C(=O)O)[C@@H](C)O)[C@@H](C)O)[C@@H](C)O. The van der Waals surface area contributed by atoms with Crippen LogP contribution >= 0.6 is 0 Å². The molecule has 66 nitrogen and oxygen atoms in total. The number of primary amides is 2. The zero-order valence-corrected chi connectivity index (χ0v) is 77.4. The van der Waals surface area contributed by atoms with Crippen molar-refractivity contribution in [2.45, 2.75) is 284 Å². The highest BCUT2D eigenvalue weighted by Gasteiger charge is 2.43. The third kappa shape index (κ3) is 50.2. The molecule has 0 unspecified atom stereocenters. The van der Waals surface area contributed by atoms with Crippen molar-refractivity contribution in [2.75, 3.05) is 6.54 Å². The fourth-order valence-electron chi connectivity index (χ4n) is 12.5. The molecule has 806 valence electrons. The first-order valence-corrected chi connectivity index (χ1v) is 43.3. The molecule has 19 amide bonds. The molecule has 0 spiro atoms. The lowest BCUT2D eigenvalue weighted by atomic mass is 10.0. The predicted molar refractivity (Wildman–Crippen MR) is 470 cm³/mol. The van der Waals surface area contributed by atoms with Crippen LogP contribution in [-0.4, -0.2) is 387 Å². The van der Waals surface area contributed by atoms with E-state index in [1.54, 1.807) is 0 Å². The second kappa shape index (κ2) is 63.0. The van der Waals surface area contributed by atoms with Crippen LogP contribution < -0.4 is 108 Å². The molecule has 38 N–H and O–H groups in total. The van der Waals surface area contributed by atoms with Gasteiger partial charge in [0.05, 0.1) is 62.9 Å². The van der Waals surface area contributed by atoms with Gasteiger partial charge < -0.3 is 184 Å². The number of aliphatic hydroxyl groups is 3. The Morgan fingerprint density at radius 2 is 0.483 bits per heavy atom. The molecular weight excluding hydrogens is 1960 g/mol. The molecule has 20 atom stereocenters. The number of carbonyl (C=O) groups is 30. The van der Waals surface area contributed by atoms with Gasteiger partial charge in [0, 0.05) is 69.7 Å². The normalized spacial score (nSPS) is 15.0. The number of nitrogens with two attached hydrogens (primary N) is 3. The van der Waals surface area contributed by atoms with Crippen LogP contribution in [0.5, 0.6) is 0 Å². The summed E-state index contributed by atoms with van der Waals surface area (Å²) in [6.07, 6.45) is -24.9. The van der Waals surface area contributed by atoms with Gasteiger partial charge >= 0.3 is 65.7 Å². The number of H-pyrrole nitrogens is 1. The van der Waals surface area contributed by atoms with Crippen LogP contribution in [0.4, 0.5) is 0 Å². The Bertz CT molecular complexity index is 4890. The molecule has 0 saturated carbocycles. The van der Waals surface area contributed by atoms with Gasteiger partial charge in [0.15, 0.2) is 0 Å². The molecule has 66 heteroatoms. The monoisotopic (exact) mass is 2080 g/mol. The number of amides is 19. The molecule has 1 rings (SSSR count). The summed E-state index contributed by atoms with van der Waals surface area (Å²) in [4.78, 5) is 396. The van der Waals surface area contributed by atoms with Crippen molar-refractivity contribution < 1.29 is 215 Å². The number of aromatic nitrogens is 2. The van der Waals surface area contributed by atoms with E-state index in [2.05, 4.69) is 36.6 Å². The highest BCUT2D eigenvalue weighted by molar-refractivity contribution is 6.04. The second-order valence-electron chi connectivity index (χ2n) is 32.2. The van der Waals surface area contributed by atoms with Gasteiger partial charge in [0.25, 0.3) is 0 Å². The highest BCUT2D eigenvalue weighted by Crippen LogP contribution is 2.15. The van der Waals surface area contributed by atoms with E-state index in [0.29, 0.717) is 0 Å². The van der Waals surface area contributed by atoms with Gasteiger partial charge in [-0.25, -0.2) is 9.78 Å². The number of hydrogen-bond acceptors (Lipinski definition) is 35. The number of rotatable bonds is 72. The summed E-state index contributed by atoms with van der Waals surface area (Å²) < 4.78 is 0. The molecule has 0 bridgehead atoms. The molecule has 1 aromatic rings. The minimum atomic E-state index is -2.49. The molecule has 0 aliphatic rings. The zero-order valence-electron chi connectivity index (χ0n) is 77.4. The molecule has 0 aromatic carbocycles. The van der Waals surface area contributed by atoms with Crippen LogP contribution in [0.15, 0.2) is 12.5 Å². The van der Waals surface area contributed by atoms with Gasteiger partial charge in [-0.2, -0.15) is 0 Å². The van der Waals surface area contributed by atoms with Gasteiger partial charge in [-0.3, -0.25) is 139 Å². The molecule has 0 aliphatic heterocycles. The first-order valence-electron chi connectivity index (χ1n) is 43.3. The molecule has 0 radical (unpaired) electrons. The van der Waals surface area contributed by atoms with Gasteiger partial charge in [-0.1, -0.05) is 0 Å². The first-order chi connectivity index (χ1) is 67.4. The predicted octanol–water partition coefficient (Wildman–Crippen LogP) is -16.0. The maximum atomic E-state index is 14.5. The topological polar surface area (TPSA) is 1110 Å². The number of aromatic amines is 1. The molecule has 0 aliphatic carbocycles. The van der Waals surface area contributed by atoms with Crippen LogP contribution in [0.25, 0.3) is 0 Å². The molecule has 1 aromatic heterocycles. The number of carbonyl (C=O) groups excluding carboxylic acids is 19. The largest absolute Gasteiger partial charge is 0.481 e. The Hall–Kier alpha value is -16.8. The van der Waals surface area contributed by atoms with E-state index in [9.17, 15) is 210 Å². The summed E-state index contributed by atoms with van der Waals surface area (Å²) in [5.41, 5.74) is 16.0. The lowest BCUT2D eigenvalue weighted by Gasteiger charge is -2.29. The highest BCUT2D eigenvalue weighted by atomic mass is 16.4. The summed E-state index contributed by atoms with van der Waals surface area (Å²) in [5.74, 6) is -47.5. The fourth-order valence-corrected chi connectivity index (χ4v) is 12.5. The number of carboxylic acid groups (broad SMARTS) is 11. The summed E-state index contributed by atoms with van der Waals surface area (Å²) >= 11 is 0. The second-order valence-corrected chi connectivity index (χ2v) is 32.2. The van der Waals surface area contributed by atoms with Gasteiger partial charge in [0.1, 0.15) is 96.7 Å². The number of aliphatic carboxylic acids is 11. The van der Waals surface area contributed by atoms with E-state index in [0.717, 1.165) is 33.3 Å². The Balaban J connectivity index is 3.76. The Labute approximate surface area is 816 Å². The van der Waals surface area contributed by atoms with Gasteiger partial charge in [-0.15, -0.1) is 0 Å². The van der Waals surface area contributed by atoms with E-state index < -0.39 is 440 Å². The maximum absolute atomic E-state index is 14.5. The first kappa shape index (κ1) is 126. The lowest BCUT2D eigenvalue weighted by Crippen LogP contribution is -2.63. The molecule has 0 saturated heterocycles. The average molecular weight is 2080 g/mol. The smallest absolute Gasteiger partial charge is 0.326 e. The van der Waals surface area contributed by atoms with Crippen LogP contribution in [0.1, 0.15) is 162 Å². The number of aliphatic hydroxyl groups excluding tert-OH is 3. The number of hydrogen-bond donors (Lipinski definition) is 35. The van der Waals surface area contributed by atoms with Crippen molar-refractivity contribution >= 4 is 178 Å². The van der Waals surface area contributed by atoms with Crippen molar-refractivity contribution in [3.8, 4) is 0 Å². The lowest BCUT2D eigenvalue weighted by molar-refractivity contribution is -0.145. The van der Waals surface area contributed by atoms with Crippen molar-refractivity contribution in [2.24, 2.45) is 17.2 Å². The fraction of sp³-hybridized carbons (Fsp3) is 0.582. The van der Waals surface area contributed by atoms with E-state index in [1.807, 2.05) is 63.8 Å². The third-order valence-corrected chi connectivity index (χ3v) is 20.0. The molecule has 1 heterocycles. The summed E-state index contributed by atoms with van der Waals surface area (Å²) in [5, 5.41) is 171. The maximum Gasteiger partial charge on any atom is 0.326 e. The van der Waals surface area contributed by atoms with E-state index in [4.69, 9.17) is 22.3 Å². The van der Waals surface area contributed by atoms with Crippen LogP contribution in [0.2, 0.25) is 0 Å². The number of nitrogens with zero attached hydrogens (tertiary/aromatic N) is 1. The van der Waals surface area contributed by atoms with E-state index in [-0.39, 0.29) is 5.69 Å². The van der Waals surface area contributed by atoms with Crippen LogP contribution in [0.3, 0.4) is 0 Å². The Kier molecular flexibility index (Phi) is 54.9. The molecule has 145 heavy (non-hydrogen) atoms. The standard InChI is InChI=1S/C79H116N22O44/c1-29(80)63(128)87-36(5-13-47(81)105)66(131)88-38(9-17-52(112)113)67(132)89-39(10-18-53(114)115)68(133)96-44(23-57(122)123)73(138)94-42(21-33-26-83-28-85-33)71(136)91-40(11-19-54(116)117)69(134)95-43(22-56(120)121)72(137)90-37(6-14-48(82)106)70(135)99-62(32(4)104)78(143)98-46(25-59(126)127)75(140)100-60(30(2)102)76(141)92-34(7-15-50(108)109)64(129)84-27-49(107)86-35(8-16-51(110)111)65(130)97-45(24-58(124)125)74(139)101-61(31(3)103)77(142)93-41(79(144)145)12-20-55(118)119/h26,28-32,34-46,60-62,102-104H,5-25,27,80H2,1-4H3,(H2,81,105)(H2,82,106)(H,83,85)(H,84,129)(H,86,107)(H,87,128)(H,88,131)(H,89,132)(H,90,137)(H,91,136)(H,92,141)(H,93,142)(H,94,138)(H,95,134)(H,96,133)(H,97,130)(H,98,143)(H,99,135)(H,100,140)(H,101,139)(H,108,109)(H,110,111)(H,112,113)(H,114,115)(H,116,117)(H,118,119)(H,120,121)(H,122,123)(H,124,125)(H,126,127)(H,144,145)/t29-,30+,31+,32+,34-,35-,36-,37-,38-,39-,40-,41-,42-,43-,44-,45-,46-,60-,61-,62-/m0/s1. The summed E-state index contributed by atoms with van der Waals surface area (Å²) in [6, 6.07) is -36.6. The van der Waals surface area contributed by atoms with Crippen molar-refractivity contribution in [1.82, 2.24) is 100 Å². The number of carboxylic acids is 11. The van der Waals surface area contributed by atoms with E-state index >= 15 is 0 Å². The van der Waals surface area contributed by atoms with Crippen molar-refractivity contribution in [3.05, 3.63) is 18.2 Å². The average Bonchev–Trinajstić information content (AvgIpc) is 1.59. The summed E-state index contributed by atoms with van der Waals surface area (Å²) in [6.45, 7) is 2.33. The van der Waals surface area contributed by atoms with E-state index in [1.165, 1.54) is 6.92 Å². The van der Waals surface area contributed by atoms with Crippen molar-refractivity contribution in [3.63, 3.8) is 0 Å². The van der Waals surface area contributed by atoms with Gasteiger partial charge in [0.2, 0.25) is 112 Å². The van der Waals surface area contributed by atoms with Crippen LogP contribution in [0, 0.1) is 0 Å². The minimum Gasteiger partial charge on any atom is -0.481 e.